The number of carbonyl (C=O) groups is 1. The normalized spacial score (nSPS) is 17.5. The zero-order valence-corrected chi connectivity index (χ0v) is 19.2. The van der Waals surface area contributed by atoms with Crippen molar-refractivity contribution >= 4 is 15.9 Å². The molecule has 7 heteroatoms. The monoisotopic (exact) mass is 409 g/mol. The van der Waals surface area contributed by atoms with E-state index in [1.807, 2.05) is 53.4 Å². The van der Waals surface area contributed by atoms with Crippen molar-refractivity contribution in [2.24, 2.45) is 0 Å². The molecule has 0 aliphatic carbocycles. The third-order valence-electron chi connectivity index (χ3n) is 6.25. The summed E-state index contributed by atoms with van der Waals surface area (Å²) in [7, 11) is -3.55. The second-order valence-corrected chi connectivity index (χ2v) is 9.89. The van der Waals surface area contributed by atoms with E-state index in [0.717, 1.165) is 34.2 Å². The highest BCUT2D eigenvalue weighted by molar-refractivity contribution is 7.89. The second-order valence-electron chi connectivity index (χ2n) is 8.01. The molecule has 1 aliphatic heterocycles. The van der Waals surface area contributed by atoms with Gasteiger partial charge in [0.1, 0.15) is 0 Å². The Labute approximate surface area is 170 Å². The Hall–Kier alpha value is -1.44. The fourth-order valence-corrected chi connectivity index (χ4v) is 5.72. The summed E-state index contributed by atoms with van der Waals surface area (Å²) in [6, 6.07) is 0.160. The lowest BCUT2D eigenvalue weighted by atomic mass is 9.95. The van der Waals surface area contributed by atoms with Crippen molar-refractivity contribution in [1.82, 2.24) is 14.5 Å². The zero-order chi connectivity index (χ0) is 21.2. The Morgan fingerprint density at radius 2 is 1.39 bits per heavy atom. The van der Waals surface area contributed by atoms with Gasteiger partial charge in [0.05, 0.1) is 11.4 Å². The molecule has 1 N–H and O–H groups in total. The Balaban J connectivity index is 2.13. The van der Waals surface area contributed by atoms with E-state index in [1.165, 1.54) is 0 Å². The van der Waals surface area contributed by atoms with E-state index in [2.05, 4.69) is 5.32 Å². The van der Waals surface area contributed by atoms with Crippen LogP contribution in [0.3, 0.4) is 0 Å². The van der Waals surface area contributed by atoms with Gasteiger partial charge in [0.15, 0.2) is 0 Å². The van der Waals surface area contributed by atoms with Gasteiger partial charge < -0.3 is 5.32 Å². The summed E-state index contributed by atoms with van der Waals surface area (Å²) in [6.45, 7) is 16.1. The van der Waals surface area contributed by atoms with Gasteiger partial charge in [-0.05, 0) is 75.8 Å². The van der Waals surface area contributed by atoms with Crippen molar-refractivity contribution in [3.8, 4) is 0 Å². The third kappa shape index (κ3) is 4.58. The van der Waals surface area contributed by atoms with Crippen LogP contribution in [0.25, 0.3) is 0 Å². The SMILES string of the molecule is CC[C@@H](C)NC(=O)CN1CCN(S(=O)(=O)c2c(C)c(C)c(C)c(C)c2C)CC1. The lowest BCUT2D eigenvalue weighted by molar-refractivity contribution is -0.123. The van der Waals surface area contributed by atoms with E-state index in [9.17, 15) is 13.2 Å². The number of nitrogens with one attached hydrogen (secondary N) is 1. The molecule has 1 amide bonds. The largest absolute Gasteiger partial charge is 0.353 e. The van der Waals surface area contributed by atoms with Crippen molar-refractivity contribution in [3.05, 3.63) is 27.8 Å². The summed E-state index contributed by atoms with van der Waals surface area (Å²) < 4.78 is 28.3. The predicted octanol–water partition coefficient (Wildman–Crippen LogP) is 2.45. The third-order valence-corrected chi connectivity index (χ3v) is 8.42. The summed E-state index contributed by atoms with van der Waals surface area (Å²) in [5.41, 5.74) is 4.93. The average Bonchev–Trinajstić information content (AvgIpc) is 2.65. The topological polar surface area (TPSA) is 69.7 Å². The molecule has 1 aliphatic rings. The van der Waals surface area contributed by atoms with Crippen LogP contribution in [0.4, 0.5) is 0 Å². The smallest absolute Gasteiger partial charge is 0.243 e. The average molecular weight is 410 g/mol. The lowest BCUT2D eigenvalue weighted by Crippen LogP contribution is -2.51. The minimum atomic E-state index is -3.55. The first-order valence-electron chi connectivity index (χ1n) is 10.1. The molecular formula is C21H35N3O3S. The van der Waals surface area contributed by atoms with Crippen LogP contribution in [0.2, 0.25) is 0 Å². The first-order chi connectivity index (χ1) is 13.0. The number of amides is 1. The zero-order valence-electron chi connectivity index (χ0n) is 18.3. The van der Waals surface area contributed by atoms with Crippen molar-refractivity contribution in [3.63, 3.8) is 0 Å². The molecule has 0 bridgehead atoms. The highest BCUT2D eigenvalue weighted by Crippen LogP contribution is 2.31. The summed E-state index contributed by atoms with van der Waals surface area (Å²) >= 11 is 0. The number of piperazine rings is 1. The number of hydrogen-bond acceptors (Lipinski definition) is 4. The first kappa shape index (κ1) is 22.8. The van der Waals surface area contributed by atoms with Gasteiger partial charge in [0.25, 0.3) is 0 Å². The van der Waals surface area contributed by atoms with Gasteiger partial charge in [-0.15, -0.1) is 0 Å². The molecular weight excluding hydrogens is 374 g/mol. The van der Waals surface area contributed by atoms with E-state index >= 15 is 0 Å². The number of sulfonamides is 1. The highest BCUT2D eigenvalue weighted by Gasteiger charge is 2.32. The van der Waals surface area contributed by atoms with E-state index in [4.69, 9.17) is 0 Å². The molecule has 0 aromatic heterocycles. The van der Waals surface area contributed by atoms with Crippen LogP contribution in [0.5, 0.6) is 0 Å². The molecule has 6 nitrogen and oxygen atoms in total. The van der Waals surface area contributed by atoms with Gasteiger partial charge in [0, 0.05) is 32.2 Å². The Morgan fingerprint density at radius 1 is 0.929 bits per heavy atom. The summed E-state index contributed by atoms with van der Waals surface area (Å²) in [5.74, 6) is 0.00197. The summed E-state index contributed by atoms with van der Waals surface area (Å²) in [5, 5.41) is 2.96. The van der Waals surface area contributed by atoms with Crippen LogP contribution in [-0.2, 0) is 14.8 Å². The van der Waals surface area contributed by atoms with Crippen molar-refractivity contribution in [2.75, 3.05) is 32.7 Å². The van der Waals surface area contributed by atoms with Gasteiger partial charge >= 0.3 is 0 Å². The fourth-order valence-electron chi connectivity index (χ4n) is 3.74. The second kappa shape index (κ2) is 8.93. The molecule has 1 fully saturated rings. The van der Waals surface area contributed by atoms with Crippen LogP contribution in [-0.4, -0.2) is 62.3 Å². The van der Waals surface area contributed by atoms with Crippen LogP contribution in [0.15, 0.2) is 4.90 Å². The molecule has 0 radical (unpaired) electrons. The standard InChI is InChI=1S/C21H35N3O3S/c1-8-14(2)22-20(25)13-23-9-11-24(12-10-23)28(26,27)21-18(6)16(4)15(3)17(5)19(21)7/h14H,8-13H2,1-7H3,(H,22,25)/t14-/m1/s1. The Bertz CT molecular complexity index is 812. The van der Waals surface area contributed by atoms with Gasteiger partial charge in [-0.2, -0.15) is 4.31 Å². The van der Waals surface area contributed by atoms with E-state index in [1.54, 1.807) is 4.31 Å². The Kier molecular flexibility index (Phi) is 7.28. The van der Waals surface area contributed by atoms with Gasteiger partial charge in [-0.3, -0.25) is 9.69 Å². The quantitative estimate of drug-likeness (QED) is 0.784. The van der Waals surface area contributed by atoms with Gasteiger partial charge in [0.2, 0.25) is 15.9 Å². The van der Waals surface area contributed by atoms with Gasteiger partial charge in [-0.1, -0.05) is 6.92 Å². The molecule has 0 unspecified atom stereocenters. The Morgan fingerprint density at radius 3 is 1.86 bits per heavy atom. The van der Waals surface area contributed by atoms with Gasteiger partial charge in [-0.25, -0.2) is 8.42 Å². The van der Waals surface area contributed by atoms with Crippen molar-refractivity contribution in [2.45, 2.75) is 65.8 Å². The minimum absolute atomic E-state index is 0.00197. The van der Waals surface area contributed by atoms with E-state index < -0.39 is 10.0 Å². The number of benzene rings is 1. The maximum Gasteiger partial charge on any atom is 0.243 e. The number of nitrogens with zero attached hydrogens (tertiary/aromatic N) is 2. The fraction of sp³-hybridized carbons (Fsp3) is 0.667. The van der Waals surface area contributed by atoms with Crippen LogP contribution in [0, 0.1) is 34.6 Å². The molecule has 1 aromatic carbocycles. The van der Waals surface area contributed by atoms with Crippen molar-refractivity contribution < 1.29 is 13.2 Å². The molecule has 0 spiro atoms. The number of carbonyl (C=O) groups excluding carboxylic acids is 1. The number of hydrogen-bond donors (Lipinski definition) is 1. The molecule has 28 heavy (non-hydrogen) atoms. The van der Waals surface area contributed by atoms with Crippen LogP contribution >= 0.6 is 0 Å². The summed E-state index contributed by atoms with van der Waals surface area (Å²) in [6.07, 6.45) is 0.895. The van der Waals surface area contributed by atoms with Crippen molar-refractivity contribution in [1.29, 1.82) is 0 Å². The summed E-state index contributed by atoms with van der Waals surface area (Å²) in [4.78, 5) is 14.6. The molecule has 158 valence electrons. The predicted molar refractivity (Wildman–Crippen MR) is 113 cm³/mol. The van der Waals surface area contributed by atoms with E-state index in [0.29, 0.717) is 37.6 Å². The molecule has 2 rings (SSSR count). The lowest BCUT2D eigenvalue weighted by Gasteiger charge is -2.34. The van der Waals surface area contributed by atoms with Crippen LogP contribution in [0.1, 0.15) is 48.1 Å². The van der Waals surface area contributed by atoms with E-state index in [-0.39, 0.29) is 11.9 Å². The maximum atomic E-state index is 13.4. The minimum Gasteiger partial charge on any atom is -0.353 e. The first-order valence-corrected chi connectivity index (χ1v) is 11.5. The van der Waals surface area contributed by atoms with Crippen LogP contribution < -0.4 is 5.32 Å². The molecule has 1 atom stereocenters. The molecule has 1 heterocycles. The maximum absolute atomic E-state index is 13.4. The highest BCUT2D eigenvalue weighted by atomic mass is 32.2. The number of rotatable bonds is 6. The molecule has 1 aromatic rings. The molecule has 0 saturated carbocycles. The molecule has 1 saturated heterocycles.